The molecule has 0 atom stereocenters. The minimum atomic E-state index is 0. The molecular weight excluding hydrogens is 234 g/mol. The van der Waals surface area contributed by atoms with Crippen LogP contribution in [-0.2, 0) is 6.54 Å². The number of aryl methyl sites for hydroxylation is 1. The lowest BCUT2D eigenvalue weighted by molar-refractivity contribution is 0.477. The minimum Gasteiger partial charge on any atom is -0.506 e. The van der Waals surface area contributed by atoms with Crippen LogP contribution in [0.3, 0.4) is 0 Å². The van der Waals surface area contributed by atoms with Gasteiger partial charge in [0, 0.05) is 6.54 Å². The maximum atomic E-state index is 9.65. The van der Waals surface area contributed by atoms with Gasteiger partial charge < -0.3 is 10.4 Å². The monoisotopic (exact) mass is 249 g/mol. The van der Waals surface area contributed by atoms with Gasteiger partial charge in [0.15, 0.2) is 0 Å². The van der Waals surface area contributed by atoms with Crippen LogP contribution in [0.2, 0.25) is 0 Å². The van der Waals surface area contributed by atoms with Gasteiger partial charge in [-0.3, -0.25) is 0 Å². The Bertz CT molecular complexity index is 471. The van der Waals surface area contributed by atoms with Gasteiger partial charge in [0.05, 0.1) is 5.69 Å². The SMILES string of the molecule is Cc1ccc(O)c(NCc2ccccc2)c1.Cl. The molecular formula is C14H16ClNO. The van der Waals surface area contributed by atoms with Gasteiger partial charge in [0.25, 0.3) is 0 Å². The molecule has 0 fully saturated rings. The molecule has 0 radical (unpaired) electrons. The van der Waals surface area contributed by atoms with Crippen molar-refractivity contribution in [2.24, 2.45) is 0 Å². The molecule has 0 aromatic heterocycles. The van der Waals surface area contributed by atoms with Gasteiger partial charge in [-0.2, -0.15) is 0 Å². The van der Waals surface area contributed by atoms with Crippen LogP contribution in [0.5, 0.6) is 5.75 Å². The third kappa shape index (κ3) is 3.68. The molecule has 0 aliphatic heterocycles. The lowest BCUT2D eigenvalue weighted by atomic mass is 10.2. The first kappa shape index (κ1) is 13.4. The summed E-state index contributed by atoms with van der Waals surface area (Å²) in [6.07, 6.45) is 0. The standard InChI is InChI=1S/C14H15NO.ClH/c1-11-7-8-14(16)13(9-11)15-10-12-5-3-2-4-6-12;/h2-9,15-16H,10H2,1H3;1H. The number of aromatic hydroxyl groups is 1. The van der Waals surface area contributed by atoms with Gasteiger partial charge in [-0.1, -0.05) is 36.4 Å². The number of benzene rings is 2. The first-order chi connectivity index (χ1) is 7.75. The van der Waals surface area contributed by atoms with Gasteiger partial charge in [-0.25, -0.2) is 0 Å². The fraction of sp³-hybridized carbons (Fsp3) is 0.143. The normalized spacial score (nSPS) is 9.47. The van der Waals surface area contributed by atoms with Gasteiger partial charge >= 0.3 is 0 Å². The van der Waals surface area contributed by atoms with Gasteiger partial charge in [0.2, 0.25) is 0 Å². The Morgan fingerprint density at radius 3 is 2.47 bits per heavy atom. The average Bonchev–Trinajstić information content (AvgIpc) is 2.32. The van der Waals surface area contributed by atoms with Crippen molar-refractivity contribution in [3.63, 3.8) is 0 Å². The number of anilines is 1. The van der Waals surface area contributed by atoms with Crippen LogP contribution in [0.15, 0.2) is 48.5 Å². The summed E-state index contributed by atoms with van der Waals surface area (Å²) in [5.41, 5.74) is 3.11. The van der Waals surface area contributed by atoms with E-state index in [1.807, 2.05) is 37.3 Å². The van der Waals surface area contributed by atoms with Crippen molar-refractivity contribution < 1.29 is 5.11 Å². The van der Waals surface area contributed by atoms with E-state index in [1.54, 1.807) is 6.07 Å². The van der Waals surface area contributed by atoms with Crippen molar-refractivity contribution >= 4 is 18.1 Å². The summed E-state index contributed by atoms with van der Waals surface area (Å²) in [5, 5.41) is 12.9. The van der Waals surface area contributed by atoms with Gasteiger partial charge in [0.1, 0.15) is 5.75 Å². The molecule has 0 heterocycles. The number of hydrogen-bond acceptors (Lipinski definition) is 2. The summed E-state index contributed by atoms with van der Waals surface area (Å²) in [4.78, 5) is 0. The molecule has 0 unspecified atom stereocenters. The summed E-state index contributed by atoms with van der Waals surface area (Å²) in [6.45, 7) is 2.73. The predicted molar refractivity (Wildman–Crippen MR) is 73.9 cm³/mol. The quantitative estimate of drug-likeness (QED) is 0.813. The molecule has 2 aromatic carbocycles. The highest BCUT2D eigenvalue weighted by molar-refractivity contribution is 5.85. The molecule has 17 heavy (non-hydrogen) atoms. The smallest absolute Gasteiger partial charge is 0.138 e. The van der Waals surface area contributed by atoms with Crippen molar-refractivity contribution in [1.29, 1.82) is 0 Å². The van der Waals surface area contributed by atoms with E-state index in [2.05, 4.69) is 17.4 Å². The van der Waals surface area contributed by atoms with Gasteiger partial charge in [-0.15, -0.1) is 12.4 Å². The highest BCUT2D eigenvalue weighted by Crippen LogP contribution is 2.24. The van der Waals surface area contributed by atoms with Crippen LogP contribution < -0.4 is 5.32 Å². The van der Waals surface area contributed by atoms with E-state index in [-0.39, 0.29) is 12.4 Å². The van der Waals surface area contributed by atoms with Crippen LogP contribution >= 0.6 is 12.4 Å². The first-order valence-corrected chi connectivity index (χ1v) is 5.33. The van der Waals surface area contributed by atoms with E-state index in [0.29, 0.717) is 5.75 Å². The van der Waals surface area contributed by atoms with Crippen LogP contribution in [0.1, 0.15) is 11.1 Å². The Balaban J connectivity index is 0.00000144. The summed E-state index contributed by atoms with van der Waals surface area (Å²) >= 11 is 0. The van der Waals surface area contributed by atoms with Crippen LogP contribution in [-0.4, -0.2) is 5.11 Å². The molecule has 0 bridgehead atoms. The number of phenolic OH excluding ortho intramolecular Hbond substituents is 1. The molecule has 0 amide bonds. The van der Waals surface area contributed by atoms with Crippen molar-refractivity contribution in [3.8, 4) is 5.75 Å². The third-order valence-corrected chi connectivity index (χ3v) is 2.48. The summed E-state index contributed by atoms with van der Waals surface area (Å²) in [7, 11) is 0. The molecule has 0 saturated carbocycles. The zero-order valence-corrected chi connectivity index (χ0v) is 10.5. The summed E-state index contributed by atoms with van der Waals surface area (Å²) in [6, 6.07) is 15.7. The molecule has 90 valence electrons. The topological polar surface area (TPSA) is 32.3 Å². The van der Waals surface area contributed by atoms with Crippen LogP contribution in [0.4, 0.5) is 5.69 Å². The fourth-order valence-electron chi connectivity index (χ4n) is 1.58. The highest BCUT2D eigenvalue weighted by atomic mass is 35.5. The number of rotatable bonds is 3. The Kier molecular flexibility index (Phi) is 4.85. The molecule has 3 heteroatoms. The zero-order valence-electron chi connectivity index (χ0n) is 9.68. The third-order valence-electron chi connectivity index (χ3n) is 2.48. The molecule has 0 saturated heterocycles. The van der Waals surface area contributed by atoms with E-state index in [1.165, 1.54) is 5.56 Å². The van der Waals surface area contributed by atoms with Crippen molar-refractivity contribution in [3.05, 3.63) is 59.7 Å². The number of nitrogens with one attached hydrogen (secondary N) is 1. The second-order valence-electron chi connectivity index (χ2n) is 3.86. The van der Waals surface area contributed by atoms with E-state index in [0.717, 1.165) is 17.8 Å². The zero-order chi connectivity index (χ0) is 11.4. The van der Waals surface area contributed by atoms with Crippen molar-refractivity contribution in [2.75, 3.05) is 5.32 Å². The van der Waals surface area contributed by atoms with Crippen molar-refractivity contribution in [2.45, 2.75) is 13.5 Å². The Labute approximate surface area is 108 Å². The maximum Gasteiger partial charge on any atom is 0.138 e. The average molecular weight is 250 g/mol. The number of phenols is 1. The maximum absolute atomic E-state index is 9.65. The van der Waals surface area contributed by atoms with E-state index in [9.17, 15) is 5.11 Å². The summed E-state index contributed by atoms with van der Waals surface area (Å²) in [5.74, 6) is 0.293. The molecule has 0 spiro atoms. The Morgan fingerprint density at radius 2 is 1.76 bits per heavy atom. The summed E-state index contributed by atoms with van der Waals surface area (Å²) < 4.78 is 0. The Hall–Kier alpha value is -1.67. The second-order valence-corrected chi connectivity index (χ2v) is 3.86. The van der Waals surface area contributed by atoms with Crippen molar-refractivity contribution in [1.82, 2.24) is 0 Å². The lowest BCUT2D eigenvalue weighted by Crippen LogP contribution is -1.99. The molecule has 2 rings (SSSR count). The van der Waals surface area contributed by atoms with Crippen LogP contribution in [0, 0.1) is 6.92 Å². The van der Waals surface area contributed by atoms with Crippen LogP contribution in [0.25, 0.3) is 0 Å². The molecule has 0 aliphatic carbocycles. The lowest BCUT2D eigenvalue weighted by Gasteiger charge is -2.09. The molecule has 2 N–H and O–H groups in total. The number of hydrogen-bond donors (Lipinski definition) is 2. The molecule has 0 aliphatic rings. The predicted octanol–water partition coefficient (Wildman–Crippen LogP) is 3.73. The van der Waals surface area contributed by atoms with E-state index in [4.69, 9.17) is 0 Å². The van der Waals surface area contributed by atoms with E-state index >= 15 is 0 Å². The molecule has 2 aromatic rings. The fourth-order valence-corrected chi connectivity index (χ4v) is 1.58. The first-order valence-electron chi connectivity index (χ1n) is 5.33. The number of halogens is 1. The Morgan fingerprint density at radius 1 is 1.06 bits per heavy atom. The minimum absolute atomic E-state index is 0. The second kappa shape index (κ2) is 6.16. The van der Waals surface area contributed by atoms with E-state index < -0.39 is 0 Å². The van der Waals surface area contributed by atoms with Gasteiger partial charge in [-0.05, 0) is 30.2 Å². The largest absolute Gasteiger partial charge is 0.506 e. The molecule has 2 nitrogen and oxygen atoms in total. The highest BCUT2D eigenvalue weighted by Gasteiger charge is 2.00.